The molecule has 7 heteroatoms. The molecule has 18 heavy (non-hydrogen) atoms. The maximum atomic E-state index is 11.1. The molecule has 0 aliphatic rings. The number of carboxylic acid groups (broad SMARTS) is 1. The van der Waals surface area contributed by atoms with Gasteiger partial charge in [0.1, 0.15) is 0 Å². The molecule has 0 aliphatic heterocycles. The Morgan fingerprint density at radius 2 is 1.94 bits per heavy atom. The topological polar surface area (TPSA) is 105 Å². The number of aliphatic carboxylic acids is 1. The van der Waals surface area contributed by atoms with Crippen LogP contribution in [0.3, 0.4) is 0 Å². The van der Waals surface area contributed by atoms with Crippen LogP contribution in [0.25, 0.3) is 0 Å². The highest BCUT2D eigenvalue weighted by atomic mass is 16.5. The predicted octanol–water partition coefficient (Wildman–Crippen LogP) is 0.270. The molecule has 0 rings (SSSR count). The predicted molar refractivity (Wildman–Crippen MR) is 64.0 cm³/mol. The second-order valence-corrected chi connectivity index (χ2v) is 3.71. The SMILES string of the molecule is C=C(C)COCCNC(=O)NC(=O)CCC(=O)O. The fourth-order valence-corrected chi connectivity index (χ4v) is 0.937. The number of carbonyl (C=O) groups is 3. The minimum absolute atomic E-state index is 0.227. The molecule has 0 heterocycles. The molecule has 3 N–H and O–H groups in total. The van der Waals surface area contributed by atoms with Gasteiger partial charge in [-0.15, -0.1) is 0 Å². The van der Waals surface area contributed by atoms with Gasteiger partial charge < -0.3 is 15.2 Å². The molecule has 102 valence electrons. The summed E-state index contributed by atoms with van der Waals surface area (Å²) in [5, 5.41) is 12.7. The first-order valence-corrected chi connectivity index (χ1v) is 5.43. The summed E-state index contributed by atoms with van der Waals surface area (Å²) in [6.45, 7) is 6.45. The van der Waals surface area contributed by atoms with Crippen LogP contribution in [0.5, 0.6) is 0 Å². The summed E-state index contributed by atoms with van der Waals surface area (Å²) in [7, 11) is 0. The Hall–Kier alpha value is -1.89. The quantitative estimate of drug-likeness (QED) is 0.428. The summed E-state index contributed by atoms with van der Waals surface area (Å²) in [4.78, 5) is 32.4. The first-order valence-electron chi connectivity index (χ1n) is 5.43. The fraction of sp³-hybridized carbons (Fsp3) is 0.545. The van der Waals surface area contributed by atoms with E-state index in [0.29, 0.717) is 13.2 Å². The molecule has 7 nitrogen and oxygen atoms in total. The van der Waals surface area contributed by atoms with E-state index in [9.17, 15) is 14.4 Å². The van der Waals surface area contributed by atoms with Crippen molar-refractivity contribution in [1.29, 1.82) is 0 Å². The molecular formula is C11H18N2O5. The van der Waals surface area contributed by atoms with Crippen LogP contribution >= 0.6 is 0 Å². The first kappa shape index (κ1) is 16.1. The third kappa shape index (κ3) is 10.6. The van der Waals surface area contributed by atoms with E-state index in [1.54, 1.807) is 0 Å². The van der Waals surface area contributed by atoms with E-state index in [-0.39, 0.29) is 19.4 Å². The van der Waals surface area contributed by atoms with Crippen molar-refractivity contribution in [1.82, 2.24) is 10.6 Å². The Labute approximate surface area is 105 Å². The monoisotopic (exact) mass is 258 g/mol. The van der Waals surface area contributed by atoms with Crippen LogP contribution in [0.15, 0.2) is 12.2 Å². The molecule has 0 unspecified atom stereocenters. The number of hydrogen-bond acceptors (Lipinski definition) is 4. The lowest BCUT2D eigenvalue weighted by Gasteiger charge is -2.07. The Balaban J connectivity index is 3.55. The maximum Gasteiger partial charge on any atom is 0.321 e. The molecule has 0 atom stereocenters. The van der Waals surface area contributed by atoms with Crippen molar-refractivity contribution in [2.75, 3.05) is 19.8 Å². The van der Waals surface area contributed by atoms with Gasteiger partial charge in [0.25, 0.3) is 0 Å². The van der Waals surface area contributed by atoms with Crippen molar-refractivity contribution in [2.24, 2.45) is 0 Å². The second-order valence-electron chi connectivity index (χ2n) is 3.71. The van der Waals surface area contributed by atoms with Crippen LogP contribution < -0.4 is 10.6 Å². The van der Waals surface area contributed by atoms with Crippen molar-refractivity contribution in [3.05, 3.63) is 12.2 Å². The zero-order valence-electron chi connectivity index (χ0n) is 10.3. The van der Waals surface area contributed by atoms with E-state index in [0.717, 1.165) is 5.57 Å². The molecule has 0 saturated carbocycles. The van der Waals surface area contributed by atoms with E-state index >= 15 is 0 Å². The summed E-state index contributed by atoms with van der Waals surface area (Å²) < 4.78 is 5.12. The number of hydrogen-bond donors (Lipinski definition) is 3. The van der Waals surface area contributed by atoms with Gasteiger partial charge in [-0.1, -0.05) is 12.2 Å². The van der Waals surface area contributed by atoms with Gasteiger partial charge in [0.15, 0.2) is 0 Å². The van der Waals surface area contributed by atoms with Crippen LogP contribution in [0, 0.1) is 0 Å². The largest absolute Gasteiger partial charge is 0.481 e. The Kier molecular flexibility index (Phi) is 8.21. The molecule has 0 saturated heterocycles. The van der Waals surface area contributed by atoms with Gasteiger partial charge in [-0.3, -0.25) is 14.9 Å². The molecule has 3 amide bonds. The number of ether oxygens (including phenoxy) is 1. The number of carbonyl (C=O) groups excluding carboxylic acids is 2. The smallest absolute Gasteiger partial charge is 0.321 e. The summed E-state index contributed by atoms with van der Waals surface area (Å²) in [6.07, 6.45) is -0.532. The van der Waals surface area contributed by atoms with Gasteiger partial charge in [-0.2, -0.15) is 0 Å². The second kappa shape index (κ2) is 9.17. The molecule has 0 aliphatic carbocycles. The third-order valence-corrected chi connectivity index (χ3v) is 1.70. The number of nitrogens with one attached hydrogen (secondary N) is 2. The summed E-state index contributed by atoms with van der Waals surface area (Å²) >= 11 is 0. The number of imide groups is 1. The van der Waals surface area contributed by atoms with Crippen molar-refractivity contribution >= 4 is 17.9 Å². The summed E-state index contributed by atoms with van der Waals surface area (Å²) in [5.74, 6) is -1.71. The molecule has 0 bridgehead atoms. The van der Waals surface area contributed by atoms with E-state index in [1.807, 2.05) is 12.2 Å². The highest BCUT2D eigenvalue weighted by Gasteiger charge is 2.08. The zero-order valence-corrected chi connectivity index (χ0v) is 10.3. The van der Waals surface area contributed by atoms with Crippen molar-refractivity contribution in [3.63, 3.8) is 0 Å². The van der Waals surface area contributed by atoms with Gasteiger partial charge in [0, 0.05) is 13.0 Å². The van der Waals surface area contributed by atoms with Crippen LogP contribution in [0.1, 0.15) is 19.8 Å². The highest BCUT2D eigenvalue weighted by Crippen LogP contribution is 1.88. The third-order valence-electron chi connectivity index (χ3n) is 1.70. The van der Waals surface area contributed by atoms with Crippen molar-refractivity contribution < 1.29 is 24.2 Å². The maximum absolute atomic E-state index is 11.1. The lowest BCUT2D eigenvalue weighted by Crippen LogP contribution is -2.40. The highest BCUT2D eigenvalue weighted by molar-refractivity contribution is 5.95. The first-order chi connectivity index (χ1) is 8.41. The minimum atomic E-state index is -1.08. The molecule has 0 fully saturated rings. The minimum Gasteiger partial charge on any atom is -0.481 e. The van der Waals surface area contributed by atoms with E-state index < -0.39 is 17.9 Å². The van der Waals surface area contributed by atoms with Gasteiger partial charge in [-0.05, 0) is 6.92 Å². The van der Waals surface area contributed by atoms with Crippen molar-refractivity contribution in [2.45, 2.75) is 19.8 Å². The fourth-order valence-electron chi connectivity index (χ4n) is 0.937. The molecule has 0 aromatic rings. The number of amides is 3. The van der Waals surface area contributed by atoms with Crippen LogP contribution in [-0.2, 0) is 14.3 Å². The van der Waals surface area contributed by atoms with Crippen LogP contribution in [0.4, 0.5) is 4.79 Å². The lowest BCUT2D eigenvalue weighted by molar-refractivity contribution is -0.138. The van der Waals surface area contributed by atoms with E-state index in [2.05, 4.69) is 11.9 Å². The zero-order chi connectivity index (χ0) is 14.0. The number of rotatable bonds is 8. The Morgan fingerprint density at radius 3 is 2.50 bits per heavy atom. The molecule has 0 aromatic carbocycles. The average molecular weight is 258 g/mol. The summed E-state index contributed by atoms with van der Waals surface area (Å²) in [5.41, 5.74) is 0.878. The average Bonchev–Trinajstić information content (AvgIpc) is 2.25. The Morgan fingerprint density at radius 1 is 1.28 bits per heavy atom. The van der Waals surface area contributed by atoms with Crippen LogP contribution in [0.2, 0.25) is 0 Å². The van der Waals surface area contributed by atoms with Crippen molar-refractivity contribution in [3.8, 4) is 0 Å². The van der Waals surface area contributed by atoms with Gasteiger partial charge in [0.05, 0.1) is 19.6 Å². The van der Waals surface area contributed by atoms with Gasteiger partial charge in [-0.25, -0.2) is 4.79 Å². The van der Waals surface area contributed by atoms with E-state index in [1.165, 1.54) is 0 Å². The van der Waals surface area contributed by atoms with Gasteiger partial charge in [0.2, 0.25) is 5.91 Å². The summed E-state index contributed by atoms with van der Waals surface area (Å²) in [6, 6.07) is -0.663. The Bertz CT molecular complexity index is 327. The molecular weight excluding hydrogens is 240 g/mol. The molecule has 0 spiro atoms. The normalized spacial score (nSPS) is 9.61. The molecule has 0 aromatic heterocycles. The lowest BCUT2D eigenvalue weighted by atomic mass is 10.3. The van der Waals surface area contributed by atoms with Crippen LogP contribution in [-0.4, -0.2) is 42.8 Å². The number of carboxylic acids is 1. The molecule has 0 radical (unpaired) electrons. The number of urea groups is 1. The van der Waals surface area contributed by atoms with E-state index in [4.69, 9.17) is 9.84 Å². The van der Waals surface area contributed by atoms with Gasteiger partial charge >= 0.3 is 12.0 Å². The standard InChI is InChI=1S/C11H18N2O5/c1-8(2)7-18-6-5-12-11(17)13-9(14)3-4-10(15)16/h1,3-7H2,2H3,(H,15,16)(H2,12,13,14,17).